The molecule has 3 aromatic rings. The standard InChI is InChI=1S/C12H9F.C11H16.BH2O2/c13-12-8-4-7-11(9-12)10-5-2-1-3-6-10;1-2-3-5-8-11-9-6-4-7-10-11;2-1-3/h1-9H;4,6-7,9-10H,2-3,5,8H2,1H3;2-3H. The van der Waals surface area contributed by atoms with Crippen molar-refractivity contribution in [1.29, 1.82) is 0 Å². The zero-order valence-electron chi connectivity index (χ0n) is 15.8. The van der Waals surface area contributed by atoms with Crippen LogP contribution in [0, 0.1) is 5.82 Å². The molecule has 0 unspecified atom stereocenters. The Kier molecular flexibility index (Phi) is 12.3. The summed E-state index contributed by atoms with van der Waals surface area (Å²) in [6, 6.07) is 27.1. The van der Waals surface area contributed by atoms with Gasteiger partial charge in [0, 0.05) is 0 Å². The molecule has 0 aliphatic rings. The van der Waals surface area contributed by atoms with Gasteiger partial charge in [-0.15, -0.1) is 0 Å². The fourth-order valence-corrected chi connectivity index (χ4v) is 2.52. The Morgan fingerprint density at radius 2 is 1.30 bits per heavy atom. The van der Waals surface area contributed by atoms with E-state index in [0.717, 1.165) is 11.1 Å². The fraction of sp³-hybridized carbons (Fsp3) is 0.217. The van der Waals surface area contributed by atoms with Crippen LogP contribution < -0.4 is 0 Å². The van der Waals surface area contributed by atoms with Crippen molar-refractivity contribution in [3.63, 3.8) is 0 Å². The molecule has 0 aromatic heterocycles. The first-order chi connectivity index (χ1) is 13.2. The van der Waals surface area contributed by atoms with E-state index >= 15 is 0 Å². The maximum absolute atomic E-state index is 12.9. The number of hydrogen-bond donors (Lipinski definition) is 2. The summed E-state index contributed by atoms with van der Waals surface area (Å²) in [5.41, 5.74) is 3.43. The van der Waals surface area contributed by atoms with Gasteiger partial charge in [-0.05, 0) is 41.7 Å². The number of halogens is 1. The number of aryl methyl sites for hydroxylation is 1. The van der Waals surface area contributed by atoms with Crippen molar-refractivity contribution in [2.75, 3.05) is 0 Å². The van der Waals surface area contributed by atoms with E-state index in [2.05, 4.69) is 37.3 Å². The van der Waals surface area contributed by atoms with Gasteiger partial charge in [0.1, 0.15) is 5.82 Å². The molecule has 0 aliphatic heterocycles. The third-order valence-corrected chi connectivity index (χ3v) is 3.84. The normalized spacial score (nSPS) is 9.33. The van der Waals surface area contributed by atoms with Crippen LogP contribution in [0.25, 0.3) is 11.1 Å². The zero-order chi connectivity index (χ0) is 19.7. The van der Waals surface area contributed by atoms with Crippen molar-refractivity contribution < 1.29 is 14.4 Å². The minimum atomic E-state index is -0.193. The van der Waals surface area contributed by atoms with Crippen LogP contribution in [0.1, 0.15) is 31.7 Å². The van der Waals surface area contributed by atoms with Gasteiger partial charge < -0.3 is 10.0 Å². The Hall–Kier alpha value is -2.43. The molecule has 0 fully saturated rings. The summed E-state index contributed by atoms with van der Waals surface area (Å²) in [5, 5.41) is 14.0. The molecule has 3 aromatic carbocycles. The Morgan fingerprint density at radius 3 is 1.85 bits per heavy atom. The van der Waals surface area contributed by atoms with Crippen LogP contribution in [-0.4, -0.2) is 17.7 Å². The van der Waals surface area contributed by atoms with Crippen LogP contribution in [0.15, 0.2) is 84.9 Å². The molecule has 27 heavy (non-hydrogen) atoms. The van der Waals surface area contributed by atoms with Crippen molar-refractivity contribution in [2.24, 2.45) is 0 Å². The second kappa shape index (κ2) is 14.7. The van der Waals surface area contributed by atoms with Crippen molar-refractivity contribution in [3.8, 4) is 11.1 Å². The lowest BCUT2D eigenvalue weighted by Gasteiger charge is -1.99. The summed E-state index contributed by atoms with van der Waals surface area (Å²) in [5.74, 6) is -0.193. The molecule has 0 aliphatic carbocycles. The van der Waals surface area contributed by atoms with E-state index in [0.29, 0.717) is 0 Å². The lowest BCUT2D eigenvalue weighted by Crippen LogP contribution is -1.83. The second-order valence-corrected chi connectivity index (χ2v) is 5.93. The Labute approximate surface area is 162 Å². The predicted octanol–water partition coefficient (Wildman–Crippen LogP) is 5.42. The van der Waals surface area contributed by atoms with E-state index in [1.165, 1.54) is 43.4 Å². The van der Waals surface area contributed by atoms with Gasteiger partial charge in [-0.1, -0.05) is 92.6 Å². The SMILES string of the molecule is CCCCCc1ccccc1.Fc1cccc(-c2ccccc2)c1.O[B]O. The number of benzene rings is 3. The largest absolute Gasteiger partial charge is 0.482 e. The summed E-state index contributed by atoms with van der Waals surface area (Å²) in [7, 11) is 0. The zero-order valence-corrected chi connectivity index (χ0v) is 15.8. The molecule has 141 valence electrons. The second-order valence-electron chi connectivity index (χ2n) is 5.93. The van der Waals surface area contributed by atoms with Crippen LogP contribution in [0.2, 0.25) is 0 Å². The third kappa shape index (κ3) is 10.3. The quantitative estimate of drug-likeness (QED) is 0.468. The van der Waals surface area contributed by atoms with E-state index in [9.17, 15) is 4.39 Å². The summed E-state index contributed by atoms with van der Waals surface area (Å²) in [6.07, 6.45) is 5.25. The highest BCUT2D eigenvalue weighted by Gasteiger charge is 1.96. The lowest BCUT2D eigenvalue weighted by atomic mass is 10.1. The van der Waals surface area contributed by atoms with Gasteiger partial charge in [0.2, 0.25) is 0 Å². The molecule has 0 amide bonds. The minimum Gasteiger partial charge on any atom is -0.429 e. The van der Waals surface area contributed by atoms with Crippen molar-refractivity contribution in [3.05, 3.63) is 96.3 Å². The van der Waals surface area contributed by atoms with Crippen LogP contribution in [-0.2, 0) is 6.42 Å². The van der Waals surface area contributed by atoms with Gasteiger partial charge in [0.25, 0.3) is 0 Å². The molecule has 0 heterocycles. The third-order valence-electron chi connectivity index (χ3n) is 3.84. The minimum absolute atomic E-state index is 0. The molecule has 0 spiro atoms. The molecule has 1 radical (unpaired) electrons. The summed E-state index contributed by atoms with van der Waals surface area (Å²) in [6.45, 7) is 2.24. The van der Waals surface area contributed by atoms with E-state index in [4.69, 9.17) is 10.0 Å². The van der Waals surface area contributed by atoms with Gasteiger partial charge in [0.05, 0.1) is 0 Å². The van der Waals surface area contributed by atoms with Crippen molar-refractivity contribution >= 4 is 7.69 Å². The Morgan fingerprint density at radius 1 is 0.741 bits per heavy atom. The van der Waals surface area contributed by atoms with Crippen LogP contribution in [0.4, 0.5) is 4.39 Å². The topological polar surface area (TPSA) is 40.5 Å². The monoisotopic (exact) mass is 365 g/mol. The van der Waals surface area contributed by atoms with Crippen LogP contribution in [0.5, 0.6) is 0 Å². The fourth-order valence-electron chi connectivity index (χ4n) is 2.52. The first-order valence-corrected chi connectivity index (χ1v) is 9.16. The Balaban J connectivity index is 0.000000239. The highest BCUT2D eigenvalue weighted by molar-refractivity contribution is 6.13. The van der Waals surface area contributed by atoms with Gasteiger partial charge in [-0.25, -0.2) is 4.39 Å². The summed E-state index contributed by atoms with van der Waals surface area (Å²) < 4.78 is 12.9. The van der Waals surface area contributed by atoms with E-state index in [-0.39, 0.29) is 13.5 Å². The van der Waals surface area contributed by atoms with E-state index < -0.39 is 0 Å². The van der Waals surface area contributed by atoms with Gasteiger partial charge in [-0.3, -0.25) is 0 Å². The van der Waals surface area contributed by atoms with E-state index in [1.54, 1.807) is 6.07 Å². The molecule has 4 heteroatoms. The van der Waals surface area contributed by atoms with Crippen molar-refractivity contribution in [2.45, 2.75) is 32.6 Å². The average molecular weight is 365 g/mol. The molecular weight excluding hydrogens is 338 g/mol. The first kappa shape index (κ1) is 22.6. The summed E-state index contributed by atoms with van der Waals surface area (Å²) in [4.78, 5) is 0. The Bertz CT molecular complexity index is 721. The maximum Gasteiger partial charge on any atom is 0.482 e. The number of unbranched alkanes of at least 4 members (excludes halogenated alkanes) is 2. The molecule has 2 nitrogen and oxygen atoms in total. The molecular formula is C23H27BFO2. The summed E-state index contributed by atoms with van der Waals surface area (Å²) >= 11 is 0. The van der Waals surface area contributed by atoms with Crippen LogP contribution >= 0.6 is 0 Å². The van der Waals surface area contributed by atoms with Crippen molar-refractivity contribution in [1.82, 2.24) is 0 Å². The predicted molar refractivity (Wildman–Crippen MR) is 112 cm³/mol. The molecule has 3 rings (SSSR count). The number of rotatable bonds is 5. The molecule has 0 saturated heterocycles. The van der Waals surface area contributed by atoms with Crippen LogP contribution in [0.3, 0.4) is 0 Å². The highest BCUT2D eigenvalue weighted by atomic mass is 19.1. The highest BCUT2D eigenvalue weighted by Crippen LogP contribution is 2.18. The van der Waals surface area contributed by atoms with Gasteiger partial charge in [0.15, 0.2) is 0 Å². The lowest BCUT2D eigenvalue weighted by molar-refractivity contribution is 0.448. The smallest absolute Gasteiger partial charge is 0.429 e. The first-order valence-electron chi connectivity index (χ1n) is 9.16. The molecule has 0 atom stereocenters. The van der Waals surface area contributed by atoms with E-state index in [1.807, 2.05) is 36.4 Å². The molecule has 0 saturated carbocycles. The van der Waals surface area contributed by atoms with Gasteiger partial charge in [-0.2, -0.15) is 0 Å². The molecule has 0 bridgehead atoms. The number of hydrogen-bond acceptors (Lipinski definition) is 2. The maximum atomic E-state index is 12.9. The average Bonchev–Trinajstić information content (AvgIpc) is 2.71. The van der Waals surface area contributed by atoms with Gasteiger partial charge >= 0.3 is 7.69 Å². The molecule has 2 N–H and O–H groups in total.